The molecule has 1 aliphatic carbocycles. The molecule has 0 aromatic rings. The van der Waals surface area contributed by atoms with Crippen molar-refractivity contribution in [2.75, 3.05) is 0 Å². The summed E-state index contributed by atoms with van der Waals surface area (Å²) < 4.78 is 0. The maximum atomic E-state index is 3.53. The standard InChI is InChI=1S/C5H9Br/c1-4-2-3-5(4)6/h4-5H,2-3H2,1H3/t4-,5?/m0/s1. The third-order valence-electron chi connectivity index (χ3n) is 1.52. The highest BCUT2D eigenvalue weighted by atomic mass is 79.9. The molecule has 0 bridgehead atoms. The zero-order valence-corrected chi connectivity index (χ0v) is 5.53. The van der Waals surface area contributed by atoms with Gasteiger partial charge in [0.25, 0.3) is 0 Å². The Morgan fingerprint density at radius 2 is 2.00 bits per heavy atom. The first-order chi connectivity index (χ1) is 2.80. The SMILES string of the molecule is C[C@H]1CCC1Br. The number of halogens is 1. The van der Waals surface area contributed by atoms with Crippen LogP contribution in [0.5, 0.6) is 0 Å². The molecule has 0 saturated heterocycles. The van der Waals surface area contributed by atoms with E-state index in [2.05, 4.69) is 22.9 Å². The summed E-state index contributed by atoms with van der Waals surface area (Å²) in [6.07, 6.45) is 2.82. The Kier molecular flexibility index (Phi) is 1.18. The highest BCUT2D eigenvalue weighted by Crippen LogP contribution is 2.32. The van der Waals surface area contributed by atoms with Gasteiger partial charge in [0.05, 0.1) is 0 Å². The van der Waals surface area contributed by atoms with Gasteiger partial charge in [-0.2, -0.15) is 0 Å². The van der Waals surface area contributed by atoms with E-state index in [1.54, 1.807) is 0 Å². The van der Waals surface area contributed by atoms with Crippen molar-refractivity contribution in [3.63, 3.8) is 0 Å². The van der Waals surface area contributed by atoms with Crippen LogP contribution in [0.2, 0.25) is 0 Å². The molecule has 0 nitrogen and oxygen atoms in total. The van der Waals surface area contributed by atoms with Gasteiger partial charge in [-0.05, 0) is 18.8 Å². The molecule has 1 aliphatic rings. The first-order valence-corrected chi connectivity index (χ1v) is 3.36. The molecular weight excluding hydrogens is 140 g/mol. The minimum atomic E-state index is 0.845. The molecule has 1 saturated carbocycles. The van der Waals surface area contributed by atoms with Crippen molar-refractivity contribution in [2.45, 2.75) is 24.6 Å². The van der Waals surface area contributed by atoms with Crippen LogP contribution in [0.15, 0.2) is 0 Å². The molecule has 2 atom stereocenters. The third-order valence-corrected chi connectivity index (χ3v) is 2.88. The van der Waals surface area contributed by atoms with E-state index in [4.69, 9.17) is 0 Å². The van der Waals surface area contributed by atoms with Crippen LogP contribution in [0.25, 0.3) is 0 Å². The second kappa shape index (κ2) is 1.53. The van der Waals surface area contributed by atoms with Crippen LogP contribution in [0.3, 0.4) is 0 Å². The minimum Gasteiger partial charge on any atom is -0.0888 e. The average molecular weight is 149 g/mol. The highest BCUT2D eigenvalue weighted by molar-refractivity contribution is 9.09. The Balaban J connectivity index is 2.20. The summed E-state index contributed by atoms with van der Waals surface area (Å²) in [4.78, 5) is 0.845. The average Bonchev–Trinajstić information content (AvgIpc) is 1.61. The van der Waals surface area contributed by atoms with Crippen LogP contribution >= 0.6 is 15.9 Å². The summed E-state index contributed by atoms with van der Waals surface area (Å²) in [5, 5.41) is 0. The largest absolute Gasteiger partial charge is 0.0888 e. The summed E-state index contributed by atoms with van der Waals surface area (Å²) in [5.41, 5.74) is 0. The van der Waals surface area contributed by atoms with E-state index in [0.29, 0.717) is 0 Å². The molecule has 1 fully saturated rings. The van der Waals surface area contributed by atoms with Crippen molar-refractivity contribution in [3.05, 3.63) is 0 Å². The quantitative estimate of drug-likeness (QED) is 0.463. The number of hydrogen-bond acceptors (Lipinski definition) is 0. The summed E-state index contributed by atoms with van der Waals surface area (Å²) in [5.74, 6) is 0.949. The molecule has 1 heteroatoms. The molecule has 6 heavy (non-hydrogen) atoms. The first-order valence-electron chi connectivity index (χ1n) is 2.45. The van der Waals surface area contributed by atoms with Crippen LogP contribution in [-0.2, 0) is 0 Å². The van der Waals surface area contributed by atoms with Crippen LogP contribution < -0.4 is 0 Å². The van der Waals surface area contributed by atoms with Gasteiger partial charge in [-0.15, -0.1) is 0 Å². The summed E-state index contributed by atoms with van der Waals surface area (Å²) in [7, 11) is 0. The van der Waals surface area contributed by atoms with E-state index >= 15 is 0 Å². The zero-order chi connectivity index (χ0) is 4.57. The Labute approximate surface area is 47.1 Å². The van der Waals surface area contributed by atoms with E-state index in [0.717, 1.165) is 10.7 Å². The Bertz CT molecular complexity index is 43.9. The Morgan fingerprint density at radius 1 is 1.50 bits per heavy atom. The molecule has 1 rings (SSSR count). The van der Waals surface area contributed by atoms with Gasteiger partial charge in [-0.3, -0.25) is 0 Å². The summed E-state index contributed by atoms with van der Waals surface area (Å²) >= 11 is 3.53. The second-order valence-electron chi connectivity index (χ2n) is 2.07. The van der Waals surface area contributed by atoms with E-state index in [-0.39, 0.29) is 0 Å². The second-order valence-corrected chi connectivity index (χ2v) is 3.25. The molecule has 0 radical (unpaired) electrons. The summed E-state index contributed by atoms with van der Waals surface area (Å²) in [6.45, 7) is 2.28. The van der Waals surface area contributed by atoms with Crippen LogP contribution in [0.1, 0.15) is 19.8 Å². The predicted octanol–water partition coefficient (Wildman–Crippen LogP) is 2.18. The van der Waals surface area contributed by atoms with Crippen molar-refractivity contribution in [3.8, 4) is 0 Å². The molecule has 1 unspecified atom stereocenters. The Morgan fingerprint density at radius 3 is 2.00 bits per heavy atom. The third kappa shape index (κ3) is 0.604. The topological polar surface area (TPSA) is 0 Å². The molecule has 0 aliphatic heterocycles. The molecule has 0 aromatic carbocycles. The number of hydrogen-bond donors (Lipinski definition) is 0. The molecular formula is C5H9Br. The molecule has 0 amide bonds. The monoisotopic (exact) mass is 148 g/mol. The van der Waals surface area contributed by atoms with E-state index < -0.39 is 0 Å². The maximum Gasteiger partial charge on any atom is 0.0171 e. The van der Waals surface area contributed by atoms with Crippen molar-refractivity contribution in [1.82, 2.24) is 0 Å². The van der Waals surface area contributed by atoms with Crippen molar-refractivity contribution in [1.29, 1.82) is 0 Å². The van der Waals surface area contributed by atoms with Crippen molar-refractivity contribution >= 4 is 15.9 Å². The number of rotatable bonds is 0. The lowest BCUT2D eigenvalue weighted by Gasteiger charge is -2.27. The van der Waals surface area contributed by atoms with Gasteiger partial charge < -0.3 is 0 Å². The van der Waals surface area contributed by atoms with Crippen LogP contribution in [0, 0.1) is 5.92 Å². The Hall–Kier alpha value is 0.480. The number of alkyl halides is 1. The van der Waals surface area contributed by atoms with Gasteiger partial charge in [0, 0.05) is 4.83 Å². The highest BCUT2D eigenvalue weighted by Gasteiger charge is 2.22. The van der Waals surface area contributed by atoms with E-state index in [1.807, 2.05) is 0 Å². The first kappa shape index (κ1) is 4.63. The van der Waals surface area contributed by atoms with Gasteiger partial charge in [0.2, 0.25) is 0 Å². The van der Waals surface area contributed by atoms with Crippen LogP contribution in [-0.4, -0.2) is 4.83 Å². The fourth-order valence-corrected chi connectivity index (χ4v) is 1.15. The molecule has 0 N–H and O–H groups in total. The van der Waals surface area contributed by atoms with Crippen molar-refractivity contribution in [2.24, 2.45) is 5.92 Å². The van der Waals surface area contributed by atoms with Gasteiger partial charge >= 0.3 is 0 Å². The van der Waals surface area contributed by atoms with Crippen molar-refractivity contribution < 1.29 is 0 Å². The normalized spacial score (nSPS) is 45.0. The fraction of sp³-hybridized carbons (Fsp3) is 1.00. The maximum absolute atomic E-state index is 3.53. The lowest BCUT2D eigenvalue weighted by Crippen LogP contribution is -2.21. The molecule has 0 heterocycles. The lowest BCUT2D eigenvalue weighted by atomic mass is 9.87. The molecule has 0 spiro atoms. The minimum absolute atomic E-state index is 0.845. The molecule has 36 valence electrons. The molecule has 0 aromatic heterocycles. The zero-order valence-electron chi connectivity index (χ0n) is 3.95. The smallest absolute Gasteiger partial charge is 0.0171 e. The van der Waals surface area contributed by atoms with Gasteiger partial charge in [-0.1, -0.05) is 22.9 Å². The summed E-state index contributed by atoms with van der Waals surface area (Å²) in [6, 6.07) is 0. The van der Waals surface area contributed by atoms with E-state index in [9.17, 15) is 0 Å². The van der Waals surface area contributed by atoms with E-state index in [1.165, 1.54) is 12.8 Å². The van der Waals surface area contributed by atoms with Crippen LogP contribution in [0.4, 0.5) is 0 Å². The van der Waals surface area contributed by atoms with Gasteiger partial charge in [0.15, 0.2) is 0 Å². The lowest BCUT2D eigenvalue weighted by molar-refractivity contribution is 0.369. The fourth-order valence-electron chi connectivity index (χ4n) is 0.626. The van der Waals surface area contributed by atoms with Gasteiger partial charge in [0.1, 0.15) is 0 Å². The predicted molar refractivity (Wildman–Crippen MR) is 31.1 cm³/mol. The van der Waals surface area contributed by atoms with Gasteiger partial charge in [-0.25, -0.2) is 0 Å².